The standard InChI is InChI=1S/C23H19N5O4/c1-2-31-23(30)17-10-12-18(13-11-17)24-22(29)20(15-19-9-6-14-32-19)28-21(25-26-27-28)16-7-4-3-5-8-16/h3-15H,2H2,1H3,(H,24,29)/b20-15+. The first-order valence-electron chi connectivity index (χ1n) is 9.83. The van der Waals surface area contributed by atoms with Crippen molar-refractivity contribution in [3.8, 4) is 11.4 Å². The van der Waals surface area contributed by atoms with Crippen LogP contribution in [0.25, 0.3) is 23.2 Å². The zero-order chi connectivity index (χ0) is 22.3. The van der Waals surface area contributed by atoms with Crippen LogP contribution in [0.4, 0.5) is 5.69 Å². The van der Waals surface area contributed by atoms with Gasteiger partial charge in [0, 0.05) is 17.3 Å². The van der Waals surface area contributed by atoms with E-state index in [-0.39, 0.29) is 12.3 Å². The Balaban J connectivity index is 1.65. The summed E-state index contributed by atoms with van der Waals surface area (Å²) in [4.78, 5) is 25.1. The van der Waals surface area contributed by atoms with E-state index in [4.69, 9.17) is 9.15 Å². The number of tetrazole rings is 1. The van der Waals surface area contributed by atoms with Crippen LogP contribution in [0.1, 0.15) is 23.0 Å². The minimum absolute atomic E-state index is 0.151. The SMILES string of the molecule is CCOC(=O)c1ccc(NC(=O)/C(=C\c2ccco2)n2nnnc2-c2ccccc2)cc1. The van der Waals surface area contributed by atoms with E-state index in [1.165, 1.54) is 10.9 Å². The Hall–Kier alpha value is -4.53. The van der Waals surface area contributed by atoms with Crippen LogP contribution < -0.4 is 5.32 Å². The van der Waals surface area contributed by atoms with E-state index in [1.807, 2.05) is 30.3 Å². The number of amides is 1. The molecule has 1 N–H and O–H groups in total. The summed E-state index contributed by atoms with van der Waals surface area (Å²) in [6.07, 6.45) is 3.05. The molecule has 0 bridgehead atoms. The molecule has 0 aliphatic carbocycles. The van der Waals surface area contributed by atoms with Gasteiger partial charge < -0.3 is 14.5 Å². The average molecular weight is 429 g/mol. The number of rotatable bonds is 7. The molecule has 0 radical (unpaired) electrons. The number of nitrogens with zero attached hydrogens (tertiary/aromatic N) is 4. The number of carbonyl (C=O) groups excluding carboxylic acids is 2. The highest BCUT2D eigenvalue weighted by Crippen LogP contribution is 2.22. The van der Waals surface area contributed by atoms with Gasteiger partial charge in [0.25, 0.3) is 5.91 Å². The van der Waals surface area contributed by atoms with Gasteiger partial charge in [-0.2, -0.15) is 4.68 Å². The molecule has 0 unspecified atom stereocenters. The number of furan rings is 1. The van der Waals surface area contributed by atoms with Gasteiger partial charge in [0.05, 0.1) is 18.4 Å². The van der Waals surface area contributed by atoms with Crippen LogP contribution in [0.2, 0.25) is 0 Å². The third kappa shape index (κ3) is 4.62. The lowest BCUT2D eigenvalue weighted by Gasteiger charge is -2.11. The maximum absolute atomic E-state index is 13.2. The number of hydrogen-bond donors (Lipinski definition) is 1. The average Bonchev–Trinajstić information content (AvgIpc) is 3.51. The molecule has 0 aliphatic rings. The molecule has 4 aromatic rings. The fraction of sp³-hybridized carbons (Fsp3) is 0.0870. The maximum Gasteiger partial charge on any atom is 0.338 e. The van der Waals surface area contributed by atoms with Gasteiger partial charge in [0.1, 0.15) is 11.5 Å². The summed E-state index contributed by atoms with van der Waals surface area (Å²) < 4.78 is 11.7. The van der Waals surface area contributed by atoms with Crippen molar-refractivity contribution in [2.75, 3.05) is 11.9 Å². The van der Waals surface area contributed by atoms with Crippen molar-refractivity contribution in [1.29, 1.82) is 0 Å². The van der Waals surface area contributed by atoms with Crippen molar-refractivity contribution < 1.29 is 18.7 Å². The molecule has 9 heteroatoms. The number of nitrogens with one attached hydrogen (secondary N) is 1. The summed E-state index contributed by atoms with van der Waals surface area (Å²) in [5.74, 6) is -0.0294. The zero-order valence-corrected chi connectivity index (χ0v) is 17.1. The Kier molecular flexibility index (Phi) is 6.17. The summed E-state index contributed by atoms with van der Waals surface area (Å²) in [5, 5.41) is 14.6. The normalized spacial score (nSPS) is 11.2. The Morgan fingerprint density at radius 1 is 1.06 bits per heavy atom. The van der Waals surface area contributed by atoms with E-state index in [0.717, 1.165) is 5.56 Å². The fourth-order valence-corrected chi connectivity index (χ4v) is 2.95. The molecule has 2 aromatic heterocycles. The Morgan fingerprint density at radius 2 is 1.84 bits per heavy atom. The third-order valence-corrected chi connectivity index (χ3v) is 4.44. The first-order chi connectivity index (χ1) is 15.7. The fourth-order valence-electron chi connectivity index (χ4n) is 2.95. The molecule has 0 saturated carbocycles. The summed E-state index contributed by atoms with van der Waals surface area (Å²) in [5.41, 5.74) is 1.78. The zero-order valence-electron chi connectivity index (χ0n) is 17.1. The van der Waals surface area contributed by atoms with Crippen LogP contribution >= 0.6 is 0 Å². The van der Waals surface area contributed by atoms with Crippen molar-refractivity contribution in [1.82, 2.24) is 20.2 Å². The molecule has 2 aromatic carbocycles. The van der Waals surface area contributed by atoms with E-state index < -0.39 is 11.9 Å². The van der Waals surface area contributed by atoms with Crippen LogP contribution in [0.15, 0.2) is 77.4 Å². The van der Waals surface area contributed by atoms with Crippen LogP contribution in [0, 0.1) is 0 Å². The summed E-state index contributed by atoms with van der Waals surface area (Å²) in [6, 6.07) is 19.1. The number of carbonyl (C=O) groups is 2. The highest BCUT2D eigenvalue weighted by Gasteiger charge is 2.20. The van der Waals surface area contributed by atoms with Crippen LogP contribution in [0.3, 0.4) is 0 Å². The summed E-state index contributed by atoms with van der Waals surface area (Å²) in [6.45, 7) is 2.02. The molecule has 160 valence electrons. The molecule has 0 atom stereocenters. The quantitative estimate of drug-likeness (QED) is 0.352. The maximum atomic E-state index is 13.2. The van der Waals surface area contributed by atoms with Gasteiger partial charge in [-0.05, 0) is 53.7 Å². The highest BCUT2D eigenvalue weighted by molar-refractivity contribution is 6.24. The minimum Gasteiger partial charge on any atom is -0.465 e. The Bertz CT molecular complexity index is 1230. The Labute approximate surface area is 183 Å². The molecule has 9 nitrogen and oxygen atoms in total. The van der Waals surface area contributed by atoms with Crippen molar-refractivity contribution >= 4 is 29.3 Å². The predicted octanol–water partition coefficient (Wildman–Crippen LogP) is 3.75. The van der Waals surface area contributed by atoms with Crippen molar-refractivity contribution in [2.24, 2.45) is 0 Å². The Morgan fingerprint density at radius 3 is 2.53 bits per heavy atom. The van der Waals surface area contributed by atoms with E-state index in [2.05, 4.69) is 20.8 Å². The second kappa shape index (κ2) is 9.52. The van der Waals surface area contributed by atoms with Gasteiger partial charge in [-0.3, -0.25) is 4.79 Å². The van der Waals surface area contributed by atoms with Gasteiger partial charge >= 0.3 is 5.97 Å². The van der Waals surface area contributed by atoms with E-state index >= 15 is 0 Å². The van der Waals surface area contributed by atoms with E-state index in [9.17, 15) is 9.59 Å². The molecular weight excluding hydrogens is 410 g/mol. The molecular formula is C23H19N5O4. The number of esters is 1. The molecule has 0 saturated heterocycles. The predicted molar refractivity (Wildman–Crippen MR) is 117 cm³/mol. The lowest BCUT2D eigenvalue weighted by molar-refractivity contribution is -0.111. The molecule has 0 spiro atoms. The first-order valence-corrected chi connectivity index (χ1v) is 9.83. The van der Waals surface area contributed by atoms with Crippen LogP contribution in [-0.4, -0.2) is 38.7 Å². The van der Waals surface area contributed by atoms with Crippen molar-refractivity contribution in [3.63, 3.8) is 0 Å². The van der Waals surface area contributed by atoms with Gasteiger partial charge in [0.2, 0.25) is 0 Å². The van der Waals surface area contributed by atoms with Gasteiger partial charge in [-0.15, -0.1) is 5.10 Å². The second-order valence-corrected chi connectivity index (χ2v) is 6.58. The van der Waals surface area contributed by atoms with Crippen molar-refractivity contribution in [3.05, 3.63) is 84.3 Å². The smallest absolute Gasteiger partial charge is 0.338 e. The van der Waals surface area contributed by atoms with Crippen LogP contribution in [-0.2, 0) is 9.53 Å². The number of hydrogen-bond acceptors (Lipinski definition) is 7. The largest absolute Gasteiger partial charge is 0.465 e. The molecule has 1 amide bonds. The monoisotopic (exact) mass is 429 g/mol. The summed E-state index contributed by atoms with van der Waals surface area (Å²) >= 11 is 0. The van der Waals surface area contributed by atoms with E-state index in [1.54, 1.807) is 49.4 Å². The van der Waals surface area contributed by atoms with E-state index in [0.29, 0.717) is 22.8 Å². The van der Waals surface area contributed by atoms with Gasteiger partial charge in [-0.1, -0.05) is 30.3 Å². The lowest BCUT2D eigenvalue weighted by Crippen LogP contribution is -2.19. The van der Waals surface area contributed by atoms with Crippen molar-refractivity contribution in [2.45, 2.75) is 6.92 Å². The second-order valence-electron chi connectivity index (χ2n) is 6.58. The molecule has 0 aliphatic heterocycles. The number of ether oxygens (including phenoxy) is 1. The first kappa shape index (κ1) is 20.7. The number of anilines is 1. The topological polar surface area (TPSA) is 112 Å². The van der Waals surface area contributed by atoms with Gasteiger partial charge in [0.15, 0.2) is 5.82 Å². The number of aromatic nitrogens is 4. The molecule has 2 heterocycles. The third-order valence-electron chi connectivity index (χ3n) is 4.44. The molecule has 0 fully saturated rings. The molecule has 32 heavy (non-hydrogen) atoms. The summed E-state index contributed by atoms with van der Waals surface area (Å²) in [7, 11) is 0. The van der Waals surface area contributed by atoms with Crippen LogP contribution in [0.5, 0.6) is 0 Å². The minimum atomic E-state index is -0.463. The number of benzene rings is 2. The highest BCUT2D eigenvalue weighted by atomic mass is 16.5. The lowest BCUT2D eigenvalue weighted by atomic mass is 10.2. The molecule has 4 rings (SSSR count). The van der Waals surface area contributed by atoms with Gasteiger partial charge in [-0.25, -0.2) is 4.79 Å².